The maximum Gasteiger partial charge on any atom is 0.238 e. The van der Waals surface area contributed by atoms with Gasteiger partial charge in [-0.1, -0.05) is 74.8 Å². The minimum absolute atomic E-state index is 0.0806. The van der Waals surface area contributed by atoms with E-state index in [1.807, 2.05) is 86.5 Å². The first-order valence-electron chi connectivity index (χ1n) is 12.5. The quantitative estimate of drug-likeness (QED) is 0.435. The van der Waals surface area contributed by atoms with Gasteiger partial charge >= 0.3 is 0 Å². The van der Waals surface area contributed by atoms with Crippen LogP contribution in [0.4, 0.5) is 5.69 Å². The average Bonchev–Trinajstić information content (AvgIpc) is 3.35. The van der Waals surface area contributed by atoms with Gasteiger partial charge in [-0.25, -0.2) is 0 Å². The molecule has 1 saturated heterocycles. The molecule has 1 N–H and O–H groups in total. The highest BCUT2D eigenvalue weighted by Gasteiger charge is 2.71. The predicted octanol–water partition coefficient (Wildman–Crippen LogP) is 6.05. The number of benzene rings is 3. The molecule has 0 saturated carbocycles. The molecular weight excluding hydrogens is 484 g/mol. The molecule has 3 aromatic carbocycles. The molecule has 0 unspecified atom stereocenters. The van der Waals surface area contributed by atoms with Crippen LogP contribution in [0.15, 0.2) is 79.0 Å². The molecule has 0 bridgehead atoms. The Morgan fingerprint density at radius 3 is 2.35 bits per heavy atom. The standard InChI is InChI=1S/C31H27ClN2O3/c1-30(2,3)28(36)25-24(26(35)19-12-14-20(32)15-13-19)31(22-10-6-7-11-23(22)33-29(31)37)27-21-9-5-4-8-18(21)16-17-34(25)27/h4-17,24-25,27H,1-3H3,(H,33,37)/t24-,25+,27-,31-/m1/s1. The zero-order valence-electron chi connectivity index (χ0n) is 20.9. The van der Waals surface area contributed by atoms with Gasteiger partial charge in [-0.2, -0.15) is 0 Å². The van der Waals surface area contributed by atoms with E-state index in [0.717, 1.165) is 16.7 Å². The molecule has 6 rings (SSSR count). The first-order valence-corrected chi connectivity index (χ1v) is 12.8. The fourth-order valence-corrected chi connectivity index (χ4v) is 6.53. The van der Waals surface area contributed by atoms with E-state index >= 15 is 0 Å². The Hall–Kier alpha value is -3.70. The Balaban J connectivity index is 1.69. The molecule has 3 heterocycles. The van der Waals surface area contributed by atoms with Crippen LogP contribution >= 0.6 is 11.6 Å². The lowest BCUT2D eigenvalue weighted by Gasteiger charge is -2.38. The third kappa shape index (κ3) is 3.27. The third-order valence-electron chi connectivity index (χ3n) is 7.99. The molecule has 3 aliphatic heterocycles. The number of halogens is 1. The Labute approximate surface area is 221 Å². The number of fused-ring (bicyclic) bond motifs is 6. The fourth-order valence-electron chi connectivity index (χ4n) is 6.41. The lowest BCUT2D eigenvalue weighted by molar-refractivity contribution is -0.131. The summed E-state index contributed by atoms with van der Waals surface area (Å²) in [4.78, 5) is 45.0. The number of nitrogens with one attached hydrogen (secondary N) is 1. The molecule has 1 fully saturated rings. The Morgan fingerprint density at radius 1 is 0.946 bits per heavy atom. The topological polar surface area (TPSA) is 66.5 Å². The Bertz CT molecular complexity index is 1490. The first kappa shape index (κ1) is 23.7. The highest BCUT2D eigenvalue weighted by molar-refractivity contribution is 6.30. The molecule has 0 aliphatic carbocycles. The summed E-state index contributed by atoms with van der Waals surface area (Å²) in [5, 5.41) is 3.58. The second-order valence-corrected chi connectivity index (χ2v) is 11.5. The Morgan fingerprint density at radius 2 is 1.62 bits per heavy atom. The third-order valence-corrected chi connectivity index (χ3v) is 8.24. The lowest BCUT2D eigenvalue weighted by Crippen LogP contribution is -2.50. The predicted molar refractivity (Wildman–Crippen MR) is 144 cm³/mol. The van der Waals surface area contributed by atoms with Gasteiger partial charge in [-0.05, 0) is 53.1 Å². The average molecular weight is 511 g/mol. The monoisotopic (exact) mass is 510 g/mol. The fraction of sp³-hybridized carbons (Fsp3) is 0.258. The van der Waals surface area contributed by atoms with Crippen LogP contribution in [-0.2, 0) is 15.0 Å². The number of para-hydroxylation sites is 1. The van der Waals surface area contributed by atoms with Crippen LogP contribution in [0.5, 0.6) is 0 Å². The summed E-state index contributed by atoms with van der Waals surface area (Å²) in [6.07, 6.45) is 3.86. The van der Waals surface area contributed by atoms with Crippen LogP contribution in [0.25, 0.3) is 6.08 Å². The molecule has 186 valence electrons. The minimum Gasteiger partial charge on any atom is -0.358 e. The molecule has 37 heavy (non-hydrogen) atoms. The van der Waals surface area contributed by atoms with Gasteiger partial charge in [0.15, 0.2) is 11.6 Å². The van der Waals surface area contributed by atoms with Gasteiger partial charge < -0.3 is 10.2 Å². The number of ketones is 2. The van der Waals surface area contributed by atoms with Crippen molar-refractivity contribution >= 4 is 40.8 Å². The van der Waals surface area contributed by atoms with Gasteiger partial charge in [0, 0.05) is 27.9 Å². The minimum atomic E-state index is -1.31. The zero-order valence-corrected chi connectivity index (χ0v) is 21.6. The number of nitrogens with zero attached hydrogens (tertiary/aromatic N) is 1. The number of hydrogen-bond donors (Lipinski definition) is 1. The van der Waals surface area contributed by atoms with Crippen LogP contribution in [-0.4, -0.2) is 28.4 Å². The highest BCUT2D eigenvalue weighted by atomic mass is 35.5. The second-order valence-electron chi connectivity index (χ2n) is 11.1. The largest absolute Gasteiger partial charge is 0.358 e. The first-order chi connectivity index (χ1) is 17.7. The van der Waals surface area contributed by atoms with Crippen LogP contribution < -0.4 is 5.32 Å². The van der Waals surface area contributed by atoms with E-state index in [9.17, 15) is 14.4 Å². The van der Waals surface area contributed by atoms with Crippen molar-refractivity contribution in [3.05, 3.63) is 106 Å². The van der Waals surface area contributed by atoms with Crippen molar-refractivity contribution in [2.75, 3.05) is 5.32 Å². The number of Topliss-reactive ketones (excluding diaryl/α,β-unsaturated/α-hetero) is 2. The molecule has 1 amide bonds. The lowest BCUT2D eigenvalue weighted by atomic mass is 9.62. The van der Waals surface area contributed by atoms with Gasteiger partial charge in [0.05, 0.1) is 18.0 Å². The maximum absolute atomic E-state index is 14.5. The molecule has 1 spiro atoms. The smallest absolute Gasteiger partial charge is 0.238 e. The van der Waals surface area contributed by atoms with Crippen molar-refractivity contribution in [1.29, 1.82) is 0 Å². The number of carbonyl (C=O) groups excluding carboxylic acids is 3. The van der Waals surface area contributed by atoms with E-state index < -0.39 is 28.8 Å². The van der Waals surface area contributed by atoms with Crippen molar-refractivity contribution in [2.45, 2.75) is 38.3 Å². The van der Waals surface area contributed by atoms with E-state index in [0.29, 0.717) is 16.3 Å². The number of amides is 1. The summed E-state index contributed by atoms with van der Waals surface area (Å²) in [7, 11) is 0. The van der Waals surface area contributed by atoms with E-state index in [1.54, 1.807) is 24.3 Å². The van der Waals surface area contributed by atoms with Crippen LogP contribution in [0, 0.1) is 11.3 Å². The maximum atomic E-state index is 14.5. The number of hydrogen-bond acceptors (Lipinski definition) is 4. The zero-order chi connectivity index (χ0) is 26.1. The normalized spacial score (nSPS) is 25.5. The van der Waals surface area contributed by atoms with E-state index in [1.165, 1.54) is 0 Å². The van der Waals surface area contributed by atoms with Gasteiger partial charge in [0.25, 0.3) is 0 Å². The highest BCUT2D eigenvalue weighted by Crippen LogP contribution is 2.62. The van der Waals surface area contributed by atoms with Crippen LogP contribution in [0.3, 0.4) is 0 Å². The van der Waals surface area contributed by atoms with Gasteiger partial charge in [0.1, 0.15) is 5.41 Å². The Kier molecular flexibility index (Phi) is 5.22. The van der Waals surface area contributed by atoms with Crippen molar-refractivity contribution in [2.24, 2.45) is 11.3 Å². The number of anilines is 1. The summed E-state index contributed by atoms with van der Waals surface area (Å²) < 4.78 is 0. The van der Waals surface area contributed by atoms with Gasteiger partial charge in [-0.15, -0.1) is 0 Å². The second kappa shape index (κ2) is 8.15. The summed E-state index contributed by atoms with van der Waals surface area (Å²) in [6.45, 7) is 5.59. The summed E-state index contributed by atoms with van der Waals surface area (Å²) in [5.74, 6) is -1.54. The van der Waals surface area contributed by atoms with Gasteiger partial charge in [-0.3, -0.25) is 14.4 Å². The molecule has 4 atom stereocenters. The van der Waals surface area contributed by atoms with Crippen molar-refractivity contribution < 1.29 is 14.4 Å². The van der Waals surface area contributed by atoms with E-state index in [-0.39, 0.29) is 17.5 Å². The molecule has 3 aromatic rings. The molecule has 3 aliphatic rings. The van der Waals surface area contributed by atoms with Crippen molar-refractivity contribution in [3.63, 3.8) is 0 Å². The molecular formula is C31H27ClN2O3. The van der Waals surface area contributed by atoms with Gasteiger partial charge in [0.2, 0.25) is 5.91 Å². The molecule has 6 heteroatoms. The van der Waals surface area contributed by atoms with E-state index in [2.05, 4.69) is 5.32 Å². The number of rotatable bonds is 3. The molecule has 0 aromatic heterocycles. The summed E-state index contributed by atoms with van der Waals surface area (Å²) >= 11 is 6.13. The number of carbonyl (C=O) groups is 3. The van der Waals surface area contributed by atoms with Crippen LogP contribution in [0.1, 0.15) is 53.9 Å². The van der Waals surface area contributed by atoms with Crippen molar-refractivity contribution in [3.8, 4) is 0 Å². The molecule has 0 radical (unpaired) electrons. The SMILES string of the molecule is CC(C)(C)C(=O)[C@@H]1[C@H](C(=O)c2ccc(Cl)cc2)[C@@]2(C(=O)Nc3ccccc32)[C@H]2c3ccccc3C=CN12. The summed E-state index contributed by atoms with van der Waals surface area (Å²) in [5.41, 5.74) is 1.71. The van der Waals surface area contributed by atoms with E-state index in [4.69, 9.17) is 11.6 Å². The molecule has 5 nitrogen and oxygen atoms in total. The van der Waals surface area contributed by atoms with Crippen LogP contribution in [0.2, 0.25) is 5.02 Å². The van der Waals surface area contributed by atoms with Crippen molar-refractivity contribution in [1.82, 2.24) is 4.90 Å². The summed E-state index contributed by atoms with van der Waals surface area (Å²) in [6, 6.07) is 20.8.